The minimum atomic E-state index is 0.410. The first-order chi connectivity index (χ1) is 10.2. The molecule has 0 aromatic rings. The molecule has 2 nitrogen and oxygen atoms in total. The Morgan fingerprint density at radius 2 is 1.33 bits per heavy atom. The predicted octanol–water partition coefficient (Wildman–Crippen LogP) is 3.98. The molecule has 4 saturated carbocycles. The SMILES string of the molecule is O=C(C1C2CC3CC(C2)CC1C3)N1C2CCC1CC(Br)C2. The highest BCUT2D eigenvalue weighted by molar-refractivity contribution is 9.09. The van der Waals surface area contributed by atoms with E-state index < -0.39 is 0 Å². The molecule has 6 rings (SSSR count). The number of alkyl halides is 1. The Balaban J connectivity index is 1.40. The Morgan fingerprint density at radius 3 is 1.86 bits per heavy atom. The van der Waals surface area contributed by atoms with Crippen LogP contribution < -0.4 is 0 Å². The predicted molar refractivity (Wildman–Crippen MR) is 86.1 cm³/mol. The van der Waals surface area contributed by atoms with Crippen molar-refractivity contribution in [3.8, 4) is 0 Å². The summed E-state index contributed by atoms with van der Waals surface area (Å²) in [6.45, 7) is 0. The first kappa shape index (κ1) is 13.4. The van der Waals surface area contributed by atoms with Gasteiger partial charge < -0.3 is 4.90 Å². The van der Waals surface area contributed by atoms with Crippen molar-refractivity contribution < 1.29 is 4.79 Å². The van der Waals surface area contributed by atoms with Crippen molar-refractivity contribution in [1.82, 2.24) is 4.90 Å². The number of rotatable bonds is 1. The highest BCUT2D eigenvalue weighted by Crippen LogP contribution is 2.57. The third-order valence-corrected chi connectivity index (χ3v) is 8.19. The molecule has 0 N–H and O–H groups in total. The number of amides is 1. The van der Waals surface area contributed by atoms with Crippen LogP contribution >= 0.6 is 15.9 Å². The van der Waals surface area contributed by atoms with Crippen LogP contribution in [0, 0.1) is 29.6 Å². The van der Waals surface area contributed by atoms with Gasteiger partial charge in [-0.25, -0.2) is 0 Å². The van der Waals surface area contributed by atoms with Gasteiger partial charge in [-0.1, -0.05) is 15.9 Å². The lowest BCUT2D eigenvalue weighted by Gasteiger charge is -2.55. The Labute approximate surface area is 136 Å². The van der Waals surface area contributed by atoms with E-state index in [9.17, 15) is 4.79 Å². The van der Waals surface area contributed by atoms with Crippen LogP contribution in [0.4, 0.5) is 0 Å². The molecule has 2 saturated heterocycles. The van der Waals surface area contributed by atoms with Crippen LogP contribution in [0.5, 0.6) is 0 Å². The van der Waals surface area contributed by atoms with E-state index in [1.54, 1.807) is 0 Å². The molecule has 2 heterocycles. The summed E-state index contributed by atoms with van der Waals surface area (Å²) in [5, 5.41) is 0. The molecule has 1 amide bonds. The third kappa shape index (κ3) is 1.98. The standard InChI is InChI=1S/C18H26BrNO/c19-14-8-15-1-2-16(9-14)20(15)18(21)17-12-4-10-3-11(6-12)7-13(17)5-10/h10-17H,1-9H2. The average molecular weight is 352 g/mol. The average Bonchev–Trinajstić information content (AvgIpc) is 2.69. The van der Waals surface area contributed by atoms with Crippen LogP contribution in [0.1, 0.15) is 57.8 Å². The highest BCUT2D eigenvalue weighted by atomic mass is 79.9. The van der Waals surface area contributed by atoms with Crippen molar-refractivity contribution in [2.24, 2.45) is 29.6 Å². The quantitative estimate of drug-likeness (QED) is 0.654. The van der Waals surface area contributed by atoms with E-state index in [0.29, 0.717) is 28.7 Å². The number of carbonyl (C=O) groups excluding carboxylic acids is 1. The van der Waals surface area contributed by atoms with Crippen molar-refractivity contribution >= 4 is 21.8 Å². The fraction of sp³-hybridized carbons (Fsp3) is 0.944. The van der Waals surface area contributed by atoms with Crippen LogP contribution in [-0.2, 0) is 4.79 Å². The lowest BCUT2D eigenvalue weighted by molar-refractivity contribution is -0.153. The maximum Gasteiger partial charge on any atom is 0.226 e. The Kier molecular flexibility index (Phi) is 3.01. The van der Waals surface area contributed by atoms with Crippen molar-refractivity contribution in [1.29, 1.82) is 0 Å². The van der Waals surface area contributed by atoms with Gasteiger partial charge in [0, 0.05) is 22.8 Å². The molecule has 2 aliphatic heterocycles. The van der Waals surface area contributed by atoms with E-state index in [1.807, 2.05) is 0 Å². The Morgan fingerprint density at radius 1 is 0.810 bits per heavy atom. The monoisotopic (exact) mass is 351 g/mol. The summed E-state index contributed by atoms with van der Waals surface area (Å²) in [5.74, 6) is 4.43. The summed E-state index contributed by atoms with van der Waals surface area (Å²) in [6.07, 6.45) is 11.8. The van der Waals surface area contributed by atoms with Crippen molar-refractivity contribution in [2.75, 3.05) is 0 Å². The minimum absolute atomic E-state index is 0.410. The molecule has 21 heavy (non-hydrogen) atoms. The number of halogens is 1. The first-order valence-electron chi connectivity index (χ1n) is 9.15. The molecule has 4 aliphatic carbocycles. The number of hydrogen-bond donors (Lipinski definition) is 0. The molecule has 6 bridgehead atoms. The van der Waals surface area contributed by atoms with E-state index in [-0.39, 0.29) is 0 Å². The van der Waals surface area contributed by atoms with Crippen LogP contribution in [-0.4, -0.2) is 27.7 Å². The second-order valence-electron chi connectivity index (χ2n) is 8.66. The van der Waals surface area contributed by atoms with Crippen molar-refractivity contribution in [3.63, 3.8) is 0 Å². The molecule has 0 radical (unpaired) electrons. The van der Waals surface area contributed by atoms with Gasteiger partial charge in [-0.3, -0.25) is 4.79 Å². The van der Waals surface area contributed by atoms with Gasteiger partial charge in [0.2, 0.25) is 5.91 Å². The van der Waals surface area contributed by atoms with E-state index in [1.165, 1.54) is 57.8 Å². The molecular formula is C18H26BrNO. The summed E-state index contributed by atoms with van der Waals surface area (Å²) in [6, 6.07) is 1.11. The number of piperidine rings is 1. The zero-order chi connectivity index (χ0) is 14.1. The van der Waals surface area contributed by atoms with Gasteiger partial charge in [0.25, 0.3) is 0 Å². The van der Waals surface area contributed by atoms with Crippen LogP contribution in [0.25, 0.3) is 0 Å². The molecule has 0 aromatic carbocycles. The van der Waals surface area contributed by atoms with Crippen LogP contribution in [0.15, 0.2) is 0 Å². The van der Waals surface area contributed by atoms with Gasteiger partial charge >= 0.3 is 0 Å². The van der Waals surface area contributed by atoms with Gasteiger partial charge in [-0.2, -0.15) is 0 Å². The zero-order valence-electron chi connectivity index (χ0n) is 12.7. The summed E-state index contributed by atoms with van der Waals surface area (Å²) < 4.78 is 0. The van der Waals surface area contributed by atoms with E-state index in [2.05, 4.69) is 20.8 Å². The molecule has 6 fully saturated rings. The topological polar surface area (TPSA) is 20.3 Å². The molecule has 2 atom stereocenters. The van der Waals surface area contributed by atoms with E-state index in [4.69, 9.17) is 0 Å². The number of nitrogens with zero attached hydrogens (tertiary/aromatic N) is 1. The van der Waals surface area contributed by atoms with Crippen molar-refractivity contribution in [2.45, 2.75) is 74.7 Å². The maximum absolute atomic E-state index is 13.4. The molecule has 3 heteroatoms. The third-order valence-electron chi connectivity index (χ3n) is 7.44. The summed E-state index contributed by atoms with van der Waals surface area (Å²) >= 11 is 3.81. The van der Waals surface area contributed by atoms with Gasteiger partial charge in [-0.15, -0.1) is 0 Å². The largest absolute Gasteiger partial charge is 0.336 e. The second-order valence-corrected chi connectivity index (χ2v) is 9.95. The molecule has 116 valence electrons. The lowest BCUT2D eigenvalue weighted by Crippen LogP contribution is -2.56. The van der Waals surface area contributed by atoms with Gasteiger partial charge in [0.05, 0.1) is 0 Å². The smallest absolute Gasteiger partial charge is 0.226 e. The Bertz CT molecular complexity index is 422. The summed E-state index contributed by atoms with van der Waals surface area (Å²) in [4.78, 5) is 16.4. The molecule has 6 aliphatic rings. The summed E-state index contributed by atoms with van der Waals surface area (Å²) in [7, 11) is 0. The van der Waals surface area contributed by atoms with Gasteiger partial charge in [0.15, 0.2) is 0 Å². The first-order valence-corrected chi connectivity index (χ1v) is 10.1. The number of fused-ring (bicyclic) bond motifs is 2. The zero-order valence-corrected chi connectivity index (χ0v) is 14.3. The van der Waals surface area contributed by atoms with E-state index in [0.717, 1.165) is 23.7 Å². The number of carbonyl (C=O) groups is 1. The molecule has 0 aromatic heterocycles. The van der Waals surface area contributed by atoms with Crippen molar-refractivity contribution in [3.05, 3.63) is 0 Å². The minimum Gasteiger partial charge on any atom is -0.336 e. The maximum atomic E-state index is 13.4. The number of hydrogen-bond acceptors (Lipinski definition) is 1. The van der Waals surface area contributed by atoms with Crippen LogP contribution in [0.2, 0.25) is 0 Å². The lowest BCUT2D eigenvalue weighted by atomic mass is 9.51. The van der Waals surface area contributed by atoms with Gasteiger partial charge in [-0.05, 0) is 81.5 Å². The highest BCUT2D eigenvalue weighted by Gasteiger charge is 2.54. The van der Waals surface area contributed by atoms with E-state index >= 15 is 0 Å². The normalized spacial score (nSPS) is 54.2. The molecular weight excluding hydrogens is 326 g/mol. The fourth-order valence-corrected chi connectivity index (χ4v) is 7.83. The second kappa shape index (κ2) is 4.72. The van der Waals surface area contributed by atoms with Gasteiger partial charge in [0.1, 0.15) is 0 Å². The Hall–Kier alpha value is -0.0500. The fourth-order valence-electron chi connectivity index (χ4n) is 6.97. The summed E-state index contributed by atoms with van der Waals surface area (Å²) in [5.41, 5.74) is 0. The van der Waals surface area contributed by atoms with Crippen LogP contribution in [0.3, 0.4) is 0 Å². The molecule has 2 unspecified atom stereocenters. The molecule has 0 spiro atoms.